The zero-order valence-corrected chi connectivity index (χ0v) is 13.3. The number of nitrogens with zero attached hydrogens (tertiary/aromatic N) is 1. The minimum Gasteiger partial charge on any atom is -0.507 e. The van der Waals surface area contributed by atoms with Crippen LogP contribution in [0.5, 0.6) is 5.75 Å². The minimum atomic E-state index is -0.102. The van der Waals surface area contributed by atoms with E-state index in [0.29, 0.717) is 17.4 Å². The van der Waals surface area contributed by atoms with Gasteiger partial charge in [0.2, 0.25) is 0 Å². The van der Waals surface area contributed by atoms with E-state index in [4.69, 9.17) is 12.2 Å². The molecule has 0 spiro atoms. The third kappa shape index (κ3) is 3.06. The molecule has 100 valence electrons. The van der Waals surface area contributed by atoms with E-state index in [9.17, 15) is 9.90 Å². The highest BCUT2D eigenvalue weighted by atomic mass is 127. The van der Waals surface area contributed by atoms with E-state index in [0.717, 1.165) is 15.6 Å². The van der Waals surface area contributed by atoms with Crippen LogP contribution in [0, 0.1) is 3.57 Å². The molecular weight excluding hydrogens is 375 g/mol. The Morgan fingerprint density at radius 2 is 2.26 bits per heavy atom. The van der Waals surface area contributed by atoms with E-state index in [-0.39, 0.29) is 11.7 Å². The quantitative estimate of drug-likeness (QED) is 0.475. The lowest BCUT2D eigenvalue weighted by atomic mass is 10.2. The first-order valence-corrected chi connectivity index (χ1v) is 7.34. The van der Waals surface area contributed by atoms with Crippen molar-refractivity contribution >= 4 is 51.9 Å². The van der Waals surface area contributed by atoms with Gasteiger partial charge < -0.3 is 10.4 Å². The predicted molar refractivity (Wildman–Crippen MR) is 86.5 cm³/mol. The van der Waals surface area contributed by atoms with Crippen molar-refractivity contribution in [3.63, 3.8) is 0 Å². The second-order valence-electron chi connectivity index (χ2n) is 4.16. The van der Waals surface area contributed by atoms with E-state index in [2.05, 4.69) is 5.32 Å². The number of carbonyl (C=O) groups excluding carboxylic acids is 1. The highest BCUT2D eigenvalue weighted by molar-refractivity contribution is 14.1. The molecule has 4 nitrogen and oxygen atoms in total. The maximum Gasteiger partial charge on any atom is 0.276 e. The number of thiocarbonyl (C=S) groups is 1. The van der Waals surface area contributed by atoms with Crippen LogP contribution in [0.25, 0.3) is 6.08 Å². The molecule has 1 amide bonds. The number of benzene rings is 1. The van der Waals surface area contributed by atoms with E-state index < -0.39 is 0 Å². The molecule has 1 saturated heterocycles. The Labute approximate surface area is 130 Å². The molecule has 0 aromatic heterocycles. The van der Waals surface area contributed by atoms with Crippen LogP contribution < -0.4 is 5.32 Å². The Morgan fingerprint density at radius 3 is 2.89 bits per heavy atom. The molecule has 0 saturated carbocycles. The second-order valence-corrected chi connectivity index (χ2v) is 5.70. The lowest BCUT2D eigenvalue weighted by Crippen LogP contribution is -2.31. The fraction of sp³-hybridized carbons (Fsp3) is 0.231. The fourth-order valence-electron chi connectivity index (χ4n) is 1.78. The Kier molecular flexibility index (Phi) is 4.41. The summed E-state index contributed by atoms with van der Waals surface area (Å²) in [6.45, 7) is 2.62. The number of carbonyl (C=O) groups is 1. The number of nitrogens with one attached hydrogen (secondary N) is 1. The summed E-state index contributed by atoms with van der Waals surface area (Å²) >= 11 is 7.18. The Bertz CT molecular complexity index is 572. The Balaban J connectivity index is 2.27. The van der Waals surface area contributed by atoms with Crippen molar-refractivity contribution in [2.24, 2.45) is 0 Å². The zero-order chi connectivity index (χ0) is 14.0. The van der Waals surface area contributed by atoms with Crippen molar-refractivity contribution in [3.05, 3.63) is 33.0 Å². The molecule has 1 aromatic carbocycles. The summed E-state index contributed by atoms with van der Waals surface area (Å²) in [7, 11) is 0. The molecule has 1 fully saturated rings. The van der Waals surface area contributed by atoms with Crippen molar-refractivity contribution in [3.8, 4) is 5.75 Å². The van der Waals surface area contributed by atoms with Gasteiger partial charge in [-0.05, 0) is 65.0 Å². The SMILES string of the molecule is CCCN1C(=O)/C(=C\c2ccc(O)c(I)c2)NC1=S. The summed E-state index contributed by atoms with van der Waals surface area (Å²) in [5, 5.41) is 12.8. The largest absolute Gasteiger partial charge is 0.507 e. The highest BCUT2D eigenvalue weighted by Gasteiger charge is 2.29. The molecule has 1 aliphatic rings. The topological polar surface area (TPSA) is 52.6 Å². The lowest BCUT2D eigenvalue weighted by Gasteiger charge is -2.11. The standard InChI is InChI=1S/C13H13IN2O2S/c1-2-5-16-12(18)10(15-13(16)19)7-8-3-4-11(17)9(14)6-8/h3-4,6-7,17H,2,5H2,1H3,(H,15,19)/b10-7+. The minimum absolute atomic E-state index is 0.102. The highest BCUT2D eigenvalue weighted by Crippen LogP contribution is 2.22. The van der Waals surface area contributed by atoms with Crippen molar-refractivity contribution in [2.45, 2.75) is 13.3 Å². The summed E-state index contributed by atoms with van der Waals surface area (Å²) in [5.74, 6) is 0.131. The van der Waals surface area contributed by atoms with Crippen LogP contribution in [-0.4, -0.2) is 27.6 Å². The van der Waals surface area contributed by atoms with Gasteiger partial charge in [-0.25, -0.2) is 0 Å². The number of halogens is 1. The molecule has 1 aromatic rings. The van der Waals surface area contributed by atoms with E-state index in [1.165, 1.54) is 0 Å². The third-order valence-corrected chi connectivity index (χ3v) is 3.88. The average Bonchev–Trinajstić information content (AvgIpc) is 2.62. The van der Waals surface area contributed by atoms with Crippen LogP contribution in [0.4, 0.5) is 0 Å². The van der Waals surface area contributed by atoms with Crippen LogP contribution in [0.15, 0.2) is 23.9 Å². The second kappa shape index (κ2) is 5.87. The monoisotopic (exact) mass is 388 g/mol. The molecule has 1 heterocycles. The van der Waals surface area contributed by atoms with Gasteiger partial charge in [0.25, 0.3) is 5.91 Å². The molecule has 6 heteroatoms. The molecule has 2 rings (SSSR count). The van der Waals surface area contributed by atoms with Gasteiger partial charge in [-0.2, -0.15) is 0 Å². The first-order valence-electron chi connectivity index (χ1n) is 5.86. The van der Waals surface area contributed by atoms with Gasteiger partial charge in [0.1, 0.15) is 11.4 Å². The third-order valence-electron chi connectivity index (χ3n) is 2.69. The smallest absolute Gasteiger partial charge is 0.276 e. The molecule has 2 N–H and O–H groups in total. The summed E-state index contributed by atoms with van der Waals surface area (Å²) < 4.78 is 0.741. The number of phenolic OH excluding ortho intramolecular Hbond substituents is 1. The molecule has 0 aliphatic carbocycles. The van der Waals surface area contributed by atoms with Gasteiger partial charge in [-0.3, -0.25) is 9.69 Å². The molecule has 1 aliphatic heterocycles. The molecule has 0 radical (unpaired) electrons. The summed E-state index contributed by atoms with van der Waals surface area (Å²) in [5.41, 5.74) is 1.32. The van der Waals surface area contributed by atoms with Gasteiger partial charge in [0, 0.05) is 6.54 Å². The van der Waals surface area contributed by atoms with E-state index >= 15 is 0 Å². The molecule has 0 bridgehead atoms. The van der Waals surface area contributed by atoms with E-state index in [1.54, 1.807) is 23.1 Å². The average molecular weight is 388 g/mol. The van der Waals surface area contributed by atoms with Crippen LogP contribution in [0.3, 0.4) is 0 Å². The Morgan fingerprint density at radius 1 is 1.53 bits per heavy atom. The lowest BCUT2D eigenvalue weighted by molar-refractivity contribution is -0.122. The number of hydrogen-bond acceptors (Lipinski definition) is 3. The van der Waals surface area contributed by atoms with Crippen LogP contribution in [-0.2, 0) is 4.79 Å². The van der Waals surface area contributed by atoms with Gasteiger partial charge in [0.05, 0.1) is 3.57 Å². The number of amides is 1. The molecule has 0 atom stereocenters. The predicted octanol–water partition coefficient (Wildman–Crippen LogP) is 2.46. The molecular formula is C13H13IN2O2S. The molecule has 0 unspecified atom stereocenters. The maximum absolute atomic E-state index is 12.1. The molecule has 19 heavy (non-hydrogen) atoms. The summed E-state index contributed by atoms with van der Waals surface area (Å²) in [6, 6.07) is 5.17. The zero-order valence-electron chi connectivity index (χ0n) is 10.3. The van der Waals surface area contributed by atoms with Crippen LogP contribution in [0.2, 0.25) is 0 Å². The van der Waals surface area contributed by atoms with Crippen LogP contribution >= 0.6 is 34.8 Å². The number of aromatic hydroxyl groups is 1. The van der Waals surface area contributed by atoms with Gasteiger partial charge in [-0.15, -0.1) is 0 Å². The van der Waals surface area contributed by atoms with E-state index in [1.807, 2.05) is 35.6 Å². The van der Waals surface area contributed by atoms with Crippen molar-refractivity contribution in [1.29, 1.82) is 0 Å². The van der Waals surface area contributed by atoms with Gasteiger partial charge >= 0.3 is 0 Å². The number of rotatable bonds is 3. The Hall–Kier alpha value is -1.15. The van der Waals surface area contributed by atoms with Crippen LogP contribution in [0.1, 0.15) is 18.9 Å². The van der Waals surface area contributed by atoms with Crippen molar-refractivity contribution in [2.75, 3.05) is 6.54 Å². The number of hydrogen-bond donors (Lipinski definition) is 2. The normalized spacial score (nSPS) is 17.2. The van der Waals surface area contributed by atoms with Gasteiger partial charge in [-0.1, -0.05) is 13.0 Å². The summed E-state index contributed by atoms with van der Waals surface area (Å²) in [6.07, 6.45) is 2.60. The van der Waals surface area contributed by atoms with Gasteiger partial charge in [0.15, 0.2) is 5.11 Å². The fourth-order valence-corrected chi connectivity index (χ4v) is 2.60. The first kappa shape index (κ1) is 14.3. The first-order chi connectivity index (χ1) is 9.02. The number of phenols is 1. The van der Waals surface area contributed by atoms with Crippen molar-refractivity contribution in [1.82, 2.24) is 10.2 Å². The maximum atomic E-state index is 12.1. The van der Waals surface area contributed by atoms with Crippen molar-refractivity contribution < 1.29 is 9.90 Å². The summed E-state index contributed by atoms with van der Waals surface area (Å²) in [4.78, 5) is 13.7.